The highest BCUT2D eigenvalue weighted by Gasteiger charge is 2.19. The van der Waals surface area contributed by atoms with Gasteiger partial charge < -0.3 is 10.1 Å². The van der Waals surface area contributed by atoms with Crippen molar-refractivity contribution in [2.24, 2.45) is 0 Å². The van der Waals surface area contributed by atoms with E-state index in [0.717, 1.165) is 0 Å². The van der Waals surface area contributed by atoms with Gasteiger partial charge >= 0.3 is 5.82 Å². The number of nitrogens with zero attached hydrogens (tertiary/aromatic N) is 4. The van der Waals surface area contributed by atoms with Crippen LogP contribution in [0.25, 0.3) is 0 Å². The van der Waals surface area contributed by atoms with Gasteiger partial charge in [0, 0.05) is 0 Å². The highest BCUT2D eigenvalue weighted by molar-refractivity contribution is 7.91. The van der Waals surface area contributed by atoms with Crippen LogP contribution in [0.5, 0.6) is 0 Å². The Kier molecular flexibility index (Phi) is 4.23. The molecular weight excluding hydrogens is 308 g/mol. The lowest BCUT2D eigenvalue weighted by Crippen LogP contribution is -2.15. The monoisotopic (exact) mass is 320 g/mol. The molecule has 0 spiro atoms. The molecule has 0 saturated heterocycles. The average Bonchev–Trinajstić information content (AvgIpc) is 2.87. The van der Waals surface area contributed by atoms with Crippen LogP contribution >= 0.6 is 0 Å². The normalized spacial score (nSPS) is 11.1. The van der Waals surface area contributed by atoms with E-state index >= 15 is 0 Å². The molecule has 0 radical (unpaired) electrons. The molecule has 1 aromatic heterocycles. The van der Waals surface area contributed by atoms with Crippen molar-refractivity contribution >= 4 is 15.7 Å². The van der Waals surface area contributed by atoms with Gasteiger partial charge in [-0.15, -0.1) is 0 Å². The van der Waals surface area contributed by atoms with Crippen molar-refractivity contribution in [3.63, 3.8) is 0 Å². The number of nitro groups is 1. The zero-order valence-electron chi connectivity index (χ0n) is 11.6. The maximum Gasteiger partial charge on any atom is 0.390 e. The Morgan fingerprint density at radius 3 is 2.73 bits per heavy atom. The van der Waals surface area contributed by atoms with Crippen LogP contribution in [-0.4, -0.2) is 28.9 Å². The molecule has 9 heteroatoms. The molecule has 2 rings (SSSR count). The van der Waals surface area contributed by atoms with E-state index in [2.05, 4.69) is 5.10 Å². The fourth-order valence-electron chi connectivity index (χ4n) is 1.89. The highest BCUT2D eigenvalue weighted by atomic mass is 32.2. The maximum absolute atomic E-state index is 12.2. The number of hydrogen-bond acceptors (Lipinski definition) is 6. The zero-order valence-corrected chi connectivity index (χ0v) is 12.4. The first-order chi connectivity index (χ1) is 10.3. The largest absolute Gasteiger partial charge is 0.390 e. The van der Waals surface area contributed by atoms with Gasteiger partial charge in [-0.1, -0.05) is 6.07 Å². The SMILES string of the molecule is Cc1cc([N+](=O)[O-])nn1CCS(=O)(=O)c1cccc(C#N)c1. The van der Waals surface area contributed by atoms with Crippen molar-refractivity contribution in [3.8, 4) is 6.07 Å². The van der Waals surface area contributed by atoms with Crippen LogP contribution < -0.4 is 0 Å². The van der Waals surface area contributed by atoms with Crippen LogP contribution in [0.4, 0.5) is 5.82 Å². The Morgan fingerprint density at radius 2 is 2.14 bits per heavy atom. The van der Waals surface area contributed by atoms with Crippen molar-refractivity contribution in [1.82, 2.24) is 9.78 Å². The summed E-state index contributed by atoms with van der Waals surface area (Å²) in [7, 11) is -3.60. The fraction of sp³-hybridized carbons (Fsp3) is 0.231. The molecule has 0 unspecified atom stereocenters. The third-order valence-corrected chi connectivity index (χ3v) is 4.74. The first-order valence-electron chi connectivity index (χ1n) is 6.25. The van der Waals surface area contributed by atoms with Crippen molar-refractivity contribution < 1.29 is 13.3 Å². The molecule has 0 aliphatic heterocycles. The second kappa shape index (κ2) is 5.95. The smallest absolute Gasteiger partial charge is 0.358 e. The number of rotatable bonds is 5. The Bertz CT molecular complexity index is 864. The summed E-state index contributed by atoms with van der Waals surface area (Å²) in [6.45, 7) is 1.61. The predicted molar refractivity (Wildman–Crippen MR) is 76.8 cm³/mol. The number of sulfone groups is 1. The van der Waals surface area contributed by atoms with Gasteiger partial charge in [-0.3, -0.25) is 0 Å². The lowest BCUT2D eigenvalue weighted by Gasteiger charge is -2.04. The van der Waals surface area contributed by atoms with Gasteiger partial charge in [-0.2, -0.15) is 9.94 Å². The van der Waals surface area contributed by atoms with Gasteiger partial charge in [0.25, 0.3) is 0 Å². The van der Waals surface area contributed by atoms with E-state index in [1.54, 1.807) is 6.92 Å². The Labute approximate surface area is 126 Å². The second-order valence-electron chi connectivity index (χ2n) is 4.58. The number of aryl methyl sites for hydroxylation is 2. The summed E-state index contributed by atoms with van der Waals surface area (Å²) in [6, 6.07) is 8.88. The van der Waals surface area contributed by atoms with Crippen molar-refractivity contribution in [2.75, 3.05) is 5.75 Å². The van der Waals surface area contributed by atoms with E-state index in [9.17, 15) is 18.5 Å². The van der Waals surface area contributed by atoms with Crippen LogP contribution in [0.2, 0.25) is 0 Å². The zero-order chi connectivity index (χ0) is 16.3. The summed E-state index contributed by atoms with van der Waals surface area (Å²) in [5.41, 5.74) is 0.764. The molecule has 0 aliphatic carbocycles. The minimum Gasteiger partial charge on any atom is -0.358 e. The van der Waals surface area contributed by atoms with E-state index in [-0.39, 0.29) is 28.6 Å². The van der Waals surface area contributed by atoms with E-state index < -0.39 is 14.8 Å². The van der Waals surface area contributed by atoms with E-state index in [0.29, 0.717) is 5.69 Å². The molecule has 0 N–H and O–H groups in total. The summed E-state index contributed by atoms with van der Waals surface area (Å²) in [5, 5.41) is 23.2. The van der Waals surface area contributed by atoms with Crippen molar-refractivity contribution in [3.05, 3.63) is 51.7 Å². The predicted octanol–water partition coefficient (Wildman–Crippen LogP) is 1.45. The van der Waals surface area contributed by atoms with Crippen LogP contribution in [0.15, 0.2) is 35.2 Å². The molecule has 8 nitrogen and oxygen atoms in total. The lowest BCUT2D eigenvalue weighted by atomic mass is 10.2. The van der Waals surface area contributed by atoms with E-state index in [1.165, 1.54) is 35.0 Å². The van der Waals surface area contributed by atoms with Crippen LogP contribution in [-0.2, 0) is 16.4 Å². The van der Waals surface area contributed by atoms with Gasteiger partial charge in [0.1, 0.15) is 0 Å². The number of nitriles is 1. The first-order valence-corrected chi connectivity index (χ1v) is 7.90. The van der Waals surface area contributed by atoms with Crippen LogP contribution in [0.1, 0.15) is 11.3 Å². The molecule has 0 aliphatic rings. The Hall–Kier alpha value is -2.73. The molecule has 22 heavy (non-hydrogen) atoms. The molecule has 1 aromatic carbocycles. The number of benzene rings is 1. The Morgan fingerprint density at radius 1 is 1.41 bits per heavy atom. The molecule has 0 atom stereocenters. The number of hydrogen-bond donors (Lipinski definition) is 0. The van der Waals surface area contributed by atoms with Gasteiger partial charge in [0.2, 0.25) is 0 Å². The first kappa shape index (κ1) is 15.7. The average molecular weight is 320 g/mol. The summed E-state index contributed by atoms with van der Waals surface area (Å²) in [6.07, 6.45) is 0. The van der Waals surface area contributed by atoms with E-state index in [4.69, 9.17) is 5.26 Å². The third kappa shape index (κ3) is 3.29. The Balaban J connectivity index is 2.19. The third-order valence-electron chi connectivity index (χ3n) is 3.05. The maximum atomic E-state index is 12.2. The number of aromatic nitrogens is 2. The molecule has 114 valence electrons. The van der Waals surface area contributed by atoms with Crippen LogP contribution in [0, 0.1) is 28.4 Å². The highest BCUT2D eigenvalue weighted by Crippen LogP contribution is 2.15. The molecule has 1 heterocycles. The summed E-state index contributed by atoms with van der Waals surface area (Å²) in [4.78, 5) is 10.1. The summed E-state index contributed by atoms with van der Waals surface area (Å²) >= 11 is 0. The molecule has 0 fully saturated rings. The molecule has 0 bridgehead atoms. The van der Waals surface area contributed by atoms with Gasteiger partial charge in [-0.05, 0) is 30.0 Å². The van der Waals surface area contributed by atoms with E-state index in [1.807, 2.05) is 6.07 Å². The lowest BCUT2D eigenvalue weighted by molar-refractivity contribution is -0.389. The molecule has 0 saturated carbocycles. The molecule has 0 amide bonds. The second-order valence-corrected chi connectivity index (χ2v) is 6.69. The molecule has 2 aromatic rings. The van der Waals surface area contributed by atoms with Crippen LogP contribution in [0.3, 0.4) is 0 Å². The topological polar surface area (TPSA) is 119 Å². The summed E-state index contributed by atoms with van der Waals surface area (Å²) in [5.74, 6) is -0.581. The quantitative estimate of drug-likeness (QED) is 0.607. The van der Waals surface area contributed by atoms with Gasteiger partial charge in [-0.25, -0.2) is 8.42 Å². The standard InChI is InChI=1S/C13H12N4O4S/c1-10-7-13(17(18)19)15-16(10)5-6-22(20,21)12-4-2-3-11(8-12)9-14/h2-4,7-8H,5-6H2,1H3. The minimum atomic E-state index is -3.60. The van der Waals surface area contributed by atoms with Crippen molar-refractivity contribution in [2.45, 2.75) is 18.4 Å². The van der Waals surface area contributed by atoms with Gasteiger partial charge in [0.05, 0.1) is 45.7 Å². The van der Waals surface area contributed by atoms with Crippen molar-refractivity contribution in [1.29, 1.82) is 5.26 Å². The molecular formula is C13H12N4O4S. The minimum absolute atomic E-state index is 0.00120. The van der Waals surface area contributed by atoms with Gasteiger partial charge in [0.15, 0.2) is 9.84 Å². The fourth-order valence-corrected chi connectivity index (χ4v) is 3.13. The summed E-state index contributed by atoms with van der Waals surface area (Å²) < 4.78 is 25.8.